The molecule has 2 rings (SSSR count). The summed E-state index contributed by atoms with van der Waals surface area (Å²) in [5.74, 6) is 0.661. The minimum atomic E-state index is -3.48. The molecule has 2 aromatic heterocycles. The van der Waals surface area contributed by atoms with E-state index in [4.69, 9.17) is 5.73 Å². The zero-order valence-corrected chi connectivity index (χ0v) is 11.5. The van der Waals surface area contributed by atoms with Gasteiger partial charge < -0.3 is 10.3 Å². The minimum Gasteiger partial charge on any atom is -0.337 e. The maximum atomic E-state index is 12.0. The molecule has 0 aliphatic rings. The number of aryl methyl sites for hydroxylation is 1. The zero-order valence-electron chi connectivity index (χ0n) is 9.83. The topological polar surface area (TPSA) is 90.0 Å². The van der Waals surface area contributed by atoms with E-state index >= 15 is 0 Å². The summed E-state index contributed by atoms with van der Waals surface area (Å²) >= 11 is 1.18. The van der Waals surface area contributed by atoms with E-state index in [1.807, 2.05) is 7.05 Å². The number of sulfonamides is 1. The summed E-state index contributed by atoms with van der Waals surface area (Å²) in [6, 6.07) is 3.29. The fraction of sp³-hybridized carbons (Fsp3) is 0.300. The average molecular weight is 286 g/mol. The molecule has 0 bridgehead atoms. The number of aromatic nitrogens is 2. The van der Waals surface area contributed by atoms with Gasteiger partial charge in [0.1, 0.15) is 10.0 Å². The van der Waals surface area contributed by atoms with Crippen LogP contribution in [0.2, 0.25) is 0 Å². The molecule has 2 aromatic rings. The van der Waals surface area contributed by atoms with E-state index in [9.17, 15) is 8.42 Å². The molecule has 8 heteroatoms. The first-order valence-corrected chi connectivity index (χ1v) is 7.57. The minimum absolute atomic E-state index is 0.168. The number of rotatable bonds is 5. The van der Waals surface area contributed by atoms with Gasteiger partial charge in [-0.2, -0.15) is 0 Å². The van der Waals surface area contributed by atoms with Crippen LogP contribution in [0.5, 0.6) is 0 Å². The van der Waals surface area contributed by atoms with Crippen molar-refractivity contribution in [2.45, 2.75) is 17.3 Å². The lowest BCUT2D eigenvalue weighted by atomic mass is 10.5. The Morgan fingerprint density at radius 2 is 2.28 bits per heavy atom. The van der Waals surface area contributed by atoms with Crippen LogP contribution in [-0.2, 0) is 30.2 Å². The molecule has 2 heterocycles. The smallest absolute Gasteiger partial charge is 0.250 e. The van der Waals surface area contributed by atoms with Crippen LogP contribution >= 0.6 is 11.3 Å². The lowest BCUT2D eigenvalue weighted by Crippen LogP contribution is -2.23. The van der Waals surface area contributed by atoms with Crippen molar-refractivity contribution in [1.82, 2.24) is 14.3 Å². The first-order chi connectivity index (χ1) is 8.53. The molecule has 0 spiro atoms. The van der Waals surface area contributed by atoms with E-state index < -0.39 is 10.0 Å². The van der Waals surface area contributed by atoms with Gasteiger partial charge in [0.15, 0.2) is 0 Å². The van der Waals surface area contributed by atoms with Crippen LogP contribution in [0.4, 0.5) is 0 Å². The van der Waals surface area contributed by atoms with Gasteiger partial charge in [-0.1, -0.05) is 0 Å². The van der Waals surface area contributed by atoms with Crippen LogP contribution in [0.1, 0.15) is 10.7 Å². The Bertz CT molecular complexity index is 630. The van der Waals surface area contributed by atoms with Gasteiger partial charge in [-0.3, -0.25) is 0 Å². The van der Waals surface area contributed by atoms with Gasteiger partial charge in [-0.05, 0) is 12.1 Å². The van der Waals surface area contributed by atoms with Crippen molar-refractivity contribution < 1.29 is 8.42 Å². The SMILES string of the molecule is Cn1ccnc1CNS(=O)(=O)c1ccc(CN)s1. The predicted molar refractivity (Wildman–Crippen MR) is 69.4 cm³/mol. The maximum Gasteiger partial charge on any atom is 0.250 e. The fourth-order valence-corrected chi connectivity index (χ4v) is 3.67. The van der Waals surface area contributed by atoms with Crippen molar-refractivity contribution in [1.29, 1.82) is 0 Å². The third-order valence-corrected chi connectivity index (χ3v) is 5.44. The van der Waals surface area contributed by atoms with Gasteiger partial charge in [0, 0.05) is 30.9 Å². The molecule has 0 fully saturated rings. The highest BCUT2D eigenvalue weighted by atomic mass is 32.2. The second-order valence-corrected chi connectivity index (χ2v) is 6.87. The van der Waals surface area contributed by atoms with E-state index in [2.05, 4.69) is 9.71 Å². The molecule has 98 valence electrons. The third kappa shape index (κ3) is 2.78. The van der Waals surface area contributed by atoms with E-state index in [0.717, 1.165) is 4.88 Å². The molecule has 0 amide bonds. The Morgan fingerprint density at radius 1 is 1.50 bits per heavy atom. The molecule has 0 aliphatic carbocycles. The Balaban J connectivity index is 2.10. The normalized spacial score (nSPS) is 11.9. The van der Waals surface area contributed by atoms with E-state index in [1.165, 1.54) is 11.3 Å². The number of nitrogens with one attached hydrogen (secondary N) is 1. The molecule has 3 N–H and O–H groups in total. The maximum absolute atomic E-state index is 12.0. The summed E-state index contributed by atoms with van der Waals surface area (Å²) in [5.41, 5.74) is 5.46. The van der Waals surface area contributed by atoms with Gasteiger partial charge in [0.25, 0.3) is 0 Å². The summed E-state index contributed by atoms with van der Waals surface area (Å²) in [4.78, 5) is 4.89. The summed E-state index contributed by atoms with van der Waals surface area (Å²) < 4.78 is 28.5. The first-order valence-electron chi connectivity index (χ1n) is 5.27. The Hall–Kier alpha value is -1.22. The van der Waals surface area contributed by atoms with Crippen LogP contribution < -0.4 is 10.5 Å². The summed E-state index contributed by atoms with van der Waals surface area (Å²) in [6.07, 6.45) is 3.39. The van der Waals surface area contributed by atoms with Crippen LogP contribution in [0.3, 0.4) is 0 Å². The van der Waals surface area contributed by atoms with Gasteiger partial charge in [-0.25, -0.2) is 18.1 Å². The molecular weight excluding hydrogens is 272 g/mol. The van der Waals surface area contributed by atoms with Gasteiger partial charge >= 0.3 is 0 Å². The quantitative estimate of drug-likeness (QED) is 0.833. The van der Waals surface area contributed by atoms with Crippen molar-refractivity contribution in [2.24, 2.45) is 12.8 Å². The van der Waals surface area contributed by atoms with E-state index in [0.29, 0.717) is 12.4 Å². The third-order valence-electron chi connectivity index (χ3n) is 2.44. The van der Waals surface area contributed by atoms with Crippen molar-refractivity contribution in [2.75, 3.05) is 0 Å². The number of hydrogen-bond donors (Lipinski definition) is 2. The second kappa shape index (κ2) is 5.19. The van der Waals surface area contributed by atoms with Gasteiger partial charge in [-0.15, -0.1) is 11.3 Å². The number of thiophene rings is 1. The predicted octanol–water partition coefficient (Wildman–Crippen LogP) is 0.419. The molecule has 18 heavy (non-hydrogen) atoms. The Labute approximate surface area is 110 Å². The van der Waals surface area contributed by atoms with Crippen molar-refractivity contribution in [3.63, 3.8) is 0 Å². The molecule has 0 aromatic carbocycles. The monoisotopic (exact) mass is 286 g/mol. The summed E-state index contributed by atoms with van der Waals surface area (Å²) in [5, 5.41) is 0. The van der Waals surface area contributed by atoms with Crippen molar-refractivity contribution in [3.8, 4) is 0 Å². The van der Waals surface area contributed by atoms with Crippen molar-refractivity contribution >= 4 is 21.4 Å². The molecule has 0 aliphatic heterocycles. The molecule has 6 nitrogen and oxygen atoms in total. The van der Waals surface area contributed by atoms with Crippen LogP contribution in [0, 0.1) is 0 Å². The first kappa shape index (κ1) is 13.2. The molecule has 0 saturated heterocycles. The number of hydrogen-bond acceptors (Lipinski definition) is 5. The highest BCUT2D eigenvalue weighted by Crippen LogP contribution is 2.20. The molecule has 0 saturated carbocycles. The van der Waals surface area contributed by atoms with E-state index in [-0.39, 0.29) is 10.8 Å². The van der Waals surface area contributed by atoms with E-state index in [1.54, 1.807) is 29.1 Å². The molecule has 0 atom stereocenters. The Kier molecular flexibility index (Phi) is 3.81. The van der Waals surface area contributed by atoms with Gasteiger partial charge in [0.05, 0.1) is 6.54 Å². The highest BCUT2D eigenvalue weighted by Gasteiger charge is 2.16. The largest absolute Gasteiger partial charge is 0.337 e. The van der Waals surface area contributed by atoms with Gasteiger partial charge in [0.2, 0.25) is 10.0 Å². The van der Waals surface area contributed by atoms with Crippen LogP contribution in [0.15, 0.2) is 28.7 Å². The lowest BCUT2D eigenvalue weighted by Gasteiger charge is -2.04. The zero-order chi connectivity index (χ0) is 13.2. The number of nitrogens with two attached hydrogens (primary N) is 1. The highest BCUT2D eigenvalue weighted by molar-refractivity contribution is 7.91. The summed E-state index contributed by atoms with van der Waals surface area (Å²) in [6.45, 7) is 0.515. The molecular formula is C10H14N4O2S2. The number of imidazole rings is 1. The van der Waals surface area contributed by atoms with Crippen LogP contribution in [0.25, 0.3) is 0 Å². The number of nitrogens with zero attached hydrogens (tertiary/aromatic N) is 2. The fourth-order valence-electron chi connectivity index (χ4n) is 1.41. The Morgan fingerprint density at radius 3 is 2.83 bits per heavy atom. The van der Waals surface area contributed by atoms with Crippen LogP contribution in [-0.4, -0.2) is 18.0 Å². The summed E-state index contributed by atoms with van der Waals surface area (Å²) in [7, 11) is -1.67. The molecule has 0 radical (unpaired) electrons. The average Bonchev–Trinajstić information content (AvgIpc) is 2.95. The lowest BCUT2D eigenvalue weighted by molar-refractivity contribution is 0.579. The van der Waals surface area contributed by atoms with Crippen molar-refractivity contribution in [3.05, 3.63) is 35.2 Å². The molecule has 0 unspecified atom stereocenters. The second-order valence-electron chi connectivity index (χ2n) is 3.70. The standard InChI is InChI=1S/C10H14N4O2S2/c1-14-5-4-12-9(14)7-13-18(15,16)10-3-2-8(6-11)17-10/h2-5,13H,6-7,11H2,1H3.